The number of aliphatic hydroxyl groups excluding tert-OH is 2. The van der Waals surface area contributed by atoms with Crippen LogP contribution in [0.5, 0.6) is 0 Å². The second-order valence-electron chi connectivity index (χ2n) is 24.2. The number of hydrogen-bond donors (Lipinski definition) is 3. The minimum Gasteiger partial charge on any atom is -0.466 e. The van der Waals surface area contributed by atoms with E-state index in [2.05, 4.69) is 55.6 Å². The van der Waals surface area contributed by atoms with E-state index in [-0.39, 0.29) is 18.5 Å². The highest BCUT2D eigenvalue weighted by Crippen LogP contribution is 2.18. The summed E-state index contributed by atoms with van der Waals surface area (Å²) in [6.45, 7) is 4.95. The zero-order chi connectivity index (χ0) is 56.4. The highest BCUT2D eigenvalue weighted by Gasteiger charge is 2.20. The van der Waals surface area contributed by atoms with Gasteiger partial charge in [-0.3, -0.25) is 9.59 Å². The molecule has 0 bridgehead atoms. The molecule has 0 aliphatic heterocycles. The van der Waals surface area contributed by atoms with E-state index in [0.717, 1.165) is 51.4 Å². The fourth-order valence-electron chi connectivity index (χ4n) is 11.0. The van der Waals surface area contributed by atoms with Gasteiger partial charge < -0.3 is 20.3 Å². The average molecular weight is 1100 g/mol. The lowest BCUT2D eigenvalue weighted by atomic mass is 10.0. The second-order valence-corrected chi connectivity index (χ2v) is 24.2. The number of nitrogens with one attached hydrogen (secondary N) is 1. The number of esters is 1. The predicted molar refractivity (Wildman–Crippen MR) is 343 cm³/mol. The molecule has 0 aliphatic carbocycles. The highest BCUT2D eigenvalue weighted by molar-refractivity contribution is 5.76. The minimum absolute atomic E-state index is 0.00963. The van der Waals surface area contributed by atoms with E-state index < -0.39 is 12.1 Å². The van der Waals surface area contributed by atoms with Crippen molar-refractivity contribution in [2.75, 3.05) is 13.2 Å². The van der Waals surface area contributed by atoms with E-state index in [9.17, 15) is 19.8 Å². The lowest BCUT2D eigenvalue weighted by Crippen LogP contribution is -2.45. The summed E-state index contributed by atoms with van der Waals surface area (Å²) in [5.74, 6) is -0.0221. The quantitative estimate of drug-likeness (QED) is 0.0320. The third-order valence-corrected chi connectivity index (χ3v) is 16.4. The van der Waals surface area contributed by atoms with Gasteiger partial charge in [-0.1, -0.05) is 326 Å². The van der Waals surface area contributed by atoms with E-state index >= 15 is 0 Å². The van der Waals surface area contributed by atoms with Crippen LogP contribution in [0.15, 0.2) is 36.5 Å². The maximum absolute atomic E-state index is 12.5. The van der Waals surface area contributed by atoms with E-state index in [1.807, 2.05) is 0 Å². The SMILES string of the molecule is CCCCCC/C=C\CCCCCCCC(=O)OCCCCCCCCCCCCCCC/C=C\C/C=C\CCCCCCCCCCCCCCCCCCCC(=O)NC(CO)C(O)CCCCCCCCCCCCC. The van der Waals surface area contributed by atoms with Crippen molar-refractivity contribution >= 4 is 11.9 Å². The molecule has 6 nitrogen and oxygen atoms in total. The molecule has 1 amide bonds. The number of allylic oxidation sites excluding steroid dienone is 6. The van der Waals surface area contributed by atoms with Gasteiger partial charge >= 0.3 is 5.97 Å². The first-order chi connectivity index (χ1) is 38.5. The molecule has 0 saturated heterocycles. The Bertz CT molecular complexity index is 1260. The molecule has 0 fully saturated rings. The number of carbonyl (C=O) groups is 2. The highest BCUT2D eigenvalue weighted by atomic mass is 16.5. The van der Waals surface area contributed by atoms with Crippen molar-refractivity contribution in [2.45, 2.75) is 398 Å². The molecule has 0 aromatic carbocycles. The number of amides is 1. The van der Waals surface area contributed by atoms with Gasteiger partial charge in [-0.05, 0) is 83.5 Å². The van der Waals surface area contributed by atoms with Crippen LogP contribution < -0.4 is 5.32 Å². The number of aliphatic hydroxyl groups is 2. The monoisotopic (exact) mass is 1100 g/mol. The molecule has 0 spiro atoms. The third kappa shape index (κ3) is 63.3. The largest absolute Gasteiger partial charge is 0.466 e. The van der Waals surface area contributed by atoms with Gasteiger partial charge in [0.25, 0.3) is 0 Å². The zero-order valence-electron chi connectivity index (χ0n) is 52.7. The summed E-state index contributed by atoms with van der Waals surface area (Å²) in [5, 5.41) is 23.2. The van der Waals surface area contributed by atoms with Crippen molar-refractivity contribution in [3.05, 3.63) is 36.5 Å². The Morgan fingerprint density at radius 1 is 0.359 bits per heavy atom. The number of ether oxygens (including phenoxy) is 1. The topological polar surface area (TPSA) is 95.9 Å². The normalized spacial score (nSPS) is 12.7. The van der Waals surface area contributed by atoms with Crippen LogP contribution in [0.2, 0.25) is 0 Å². The van der Waals surface area contributed by atoms with E-state index in [0.29, 0.717) is 25.9 Å². The maximum Gasteiger partial charge on any atom is 0.305 e. The lowest BCUT2D eigenvalue weighted by molar-refractivity contribution is -0.143. The van der Waals surface area contributed by atoms with Crippen LogP contribution >= 0.6 is 0 Å². The number of carbonyl (C=O) groups excluding carboxylic acids is 2. The predicted octanol–water partition coefficient (Wildman–Crippen LogP) is 22.7. The van der Waals surface area contributed by atoms with Gasteiger partial charge in [0.2, 0.25) is 5.91 Å². The zero-order valence-corrected chi connectivity index (χ0v) is 52.7. The van der Waals surface area contributed by atoms with Gasteiger partial charge in [-0.15, -0.1) is 0 Å². The molecular weight excluding hydrogens is 959 g/mol. The van der Waals surface area contributed by atoms with E-state index in [1.165, 1.54) is 302 Å². The average Bonchev–Trinajstić information content (AvgIpc) is 3.44. The third-order valence-electron chi connectivity index (χ3n) is 16.4. The molecule has 2 atom stereocenters. The number of rotatable bonds is 66. The summed E-state index contributed by atoms with van der Waals surface area (Å²) in [4.78, 5) is 24.5. The Labute approximate surface area is 487 Å². The molecule has 460 valence electrons. The minimum atomic E-state index is -0.661. The van der Waals surface area contributed by atoms with Gasteiger partial charge in [-0.2, -0.15) is 0 Å². The van der Waals surface area contributed by atoms with Crippen LogP contribution in [0.25, 0.3) is 0 Å². The Morgan fingerprint density at radius 3 is 1.00 bits per heavy atom. The van der Waals surface area contributed by atoms with Crippen molar-refractivity contribution in [2.24, 2.45) is 0 Å². The standard InChI is InChI=1S/C72H137NO5/c1-3-5-7-9-11-13-15-41-46-50-54-58-62-66-72(77)78-67-63-59-55-51-47-43-40-38-36-34-32-30-28-26-24-22-20-18-16-17-19-21-23-25-27-29-31-33-35-37-39-42-45-49-53-57-61-65-71(76)73-69(68-74)70(75)64-60-56-52-48-44-14-12-10-8-6-4-2/h13,15-16,18,22,24,69-70,74-75H,3-12,14,17,19-21,23,25-68H2,1-2H3,(H,73,76)/b15-13-,18-16-,24-22-. The van der Waals surface area contributed by atoms with Crippen molar-refractivity contribution < 1.29 is 24.5 Å². The molecular formula is C72H137NO5. The fourth-order valence-corrected chi connectivity index (χ4v) is 11.0. The summed E-state index contributed by atoms with van der Waals surface area (Å²) in [7, 11) is 0. The fraction of sp³-hybridized carbons (Fsp3) is 0.889. The second kappa shape index (κ2) is 67.6. The molecule has 0 aromatic heterocycles. The van der Waals surface area contributed by atoms with Gasteiger partial charge in [0.05, 0.1) is 25.4 Å². The molecule has 6 heteroatoms. The summed E-state index contributed by atoms with van der Waals surface area (Å²) < 4.78 is 5.48. The number of unbranched alkanes of at least 4 members (excludes halogenated alkanes) is 49. The van der Waals surface area contributed by atoms with Crippen LogP contribution in [-0.4, -0.2) is 47.4 Å². The lowest BCUT2D eigenvalue weighted by Gasteiger charge is -2.22. The molecule has 3 N–H and O–H groups in total. The van der Waals surface area contributed by atoms with Crippen molar-refractivity contribution in [3.8, 4) is 0 Å². The van der Waals surface area contributed by atoms with Crippen LogP contribution in [0.3, 0.4) is 0 Å². The summed E-state index contributed by atoms with van der Waals surface area (Å²) in [5.41, 5.74) is 0. The van der Waals surface area contributed by atoms with Crippen LogP contribution in [0, 0.1) is 0 Å². The van der Waals surface area contributed by atoms with Gasteiger partial charge in [-0.25, -0.2) is 0 Å². The van der Waals surface area contributed by atoms with Crippen molar-refractivity contribution in [1.82, 2.24) is 5.32 Å². The van der Waals surface area contributed by atoms with Gasteiger partial charge in [0, 0.05) is 12.8 Å². The first-order valence-corrected chi connectivity index (χ1v) is 35.2. The van der Waals surface area contributed by atoms with Gasteiger partial charge in [0.1, 0.15) is 0 Å². The molecule has 0 heterocycles. The van der Waals surface area contributed by atoms with Crippen molar-refractivity contribution in [1.29, 1.82) is 0 Å². The number of hydrogen-bond acceptors (Lipinski definition) is 5. The van der Waals surface area contributed by atoms with Gasteiger partial charge in [0.15, 0.2) is 0 Å². The maximum atomic E-state index is 12.5. The first-order valence-electron chi connectivity index (χ1n) is 35.2. The van der Waals surface area contributed by atoms with E-state index in [1.54, 1.807) is 0 Å². The Kier molecular flexibility index (Phi) is 65.9. The Morgan fingerprint density at radius 2 is 0.641 bits per heavy atom. The Balaban J connectivity index is 3.34. The summed E-state index contributed by atoms with van der Waals surface area (Å²) in [6.07, 6.45) is 86.4. The van der Waals surface area contributed by atoms with E-state index in [4.69, 9.17) is 4.74 Å². The summed E-state index contributed by atoms with van der Waals surface area (Å²) in [6, 6.07) is -0.538. The van der Waals surface area contributed by atoms with Crippen molar-refractivity contribution in [3.63, 3.8) is 0 Å². The molecule has 0 aliphatic rings. The van der Waals surface area contributed by atoms with Crippen LogP contribution in [0.4, 0.5) is 0 Å². The smallest absolute Gasteiger partial charge is 0.305 e. The molecule has 0 aromatic rings. The molecule has 2 unspecified atom stereocenters. The molecule has 0 radical (unpaired) electrons. The molecule has 0 rings (SSSR count). The Hall–Kier alpha value is -1.92. The first kappa shape index (κ1) is 76.1. The summed E-state index contributed by atoms with van der Waals surface area (Å²) >= 11 is 0. The van der Waals surface area contributed by atoms with Crippen LogP contribution in [-0.2, 0) is 14.3 Å². The molecule has 78 heavy (non-hydrogen) atoms. The van der Waals surface area contributed by atoms with Crippen LogP contribution in [0.1, 0.15) is 386 Å². The molecule has 0 saturated carbocycles.